The summed E-state index contributed by atoms with van der Waals surface area (Å²) in [4.78, 5) is 64.9. The zero-order chi connectivity index (χ0) is 30.0. The van der Waals surface area contributed by atoms with Gasteiger partial charge in [-0.3, -0.25) is 34.6 Å². The number of likely N-dealkylation sites (tertiary alicyclic amines) is 2. The van der Waals surface area contributed by atoms with Gasteiger partial charge in [0.2, 0.25) is 0 Å². The average Bonchev–Trinajstić information content (AvgIpc) is 2.96. The number of hydrogen-bond acceptors (Lipinski definition) is 11. The number of carbonyl (C=O) groups excluding carboxylic acids is 3. The van der Waals surface area contributed by atoms with Crippen LogP contribution in [0.15, 0.2) is 36.4 Å². The van der Waals surface area contributed by atoms with Crippen molar-refractivity contribution in [1.82, 2.24) is 9.80 Å². The molecule has 2 unspecified atom stereocenters. The summed E-state index contributed by atoms with van der Waals surface area (Å²) in [6, 6.07) is 8.89. The van der Waals surface area contributed by atoms with E-state index >= 15 is 0 Å². The molecule has 2 fully saturated rings. The molecular formula is C27H26N4O11. The fourth-order valence-electron chi connectivity index (χ4n) is 6.16. The van der Waals surface area contributed by atoms with E-state index in [0.717, 1.165) is 0 Å². The highest BCUT2D eigenvalue weighted by atomic mass is 16.7. The number of amides is 2. The van der Waals surface area contributed by atoms with Crippen LogP contribution >= 0.6 is 0 Å². The summed E-state index contributed by atoms with van der Waals surface area (Å²) in [5.74, 6) is -0.0911. The van der Waals surface area contributed by atoms with E-state index in [2.05, 4.69) is 0 Å². The molecule has 0 aliphatic carbocycles. The lowest BCUT2D eigenvalue weighted by molar-refractivity contribution is -0.567. The number of ether oxygens (including phenoxy) is 4. The number of ketones is 1. The molecule has 0 radical (unpaired) electrons. The Labute approximate surface area is 238 Å². The third kappa shape index (κ3) is 4.50. The fraction of sp³-hybridized carbons (Fsp3) is 0.444. The summed E-state index contributed by atoms with van der Waals surface area (Å²) in [6.07, 6.45) is -2.78. The van der Waals surface area contributed by atoms with Gasteiger partial charge in [0, 0.05) is 37.3 Å². The number of Topliss-reactive ketones (excluding diaryl/α,β-unsaturated/α-hetero) is 1. The first-order chi connectivity index (χ1) is 19.9. The lowest BCUT2D eigenvalue weighted by Gasteiger charge is -2.55. The van der Waals surface area contributed by atoms with Gasteiger partial charge in [-0.2, -0.15) is 0 Å². The van der Waals surface area contributed by atoms with Crippen molar-refractivity contribution in [2.24, 2.45) is 10.8 Å². The minimum atomic E-state index is -1.39. The Morgan fingerprint density at radius 1 is 0.738 bits per heavy atom. The monoisotopic (exact) mass is 582 g/mol. The predicted molar refractivity (Wildman–Crippen MR) is 140 cm³/mol. The Hall–Kier alpha value is -4.95. The summed E-state index contributed by atoms with van der Waals surface area (Å²) in [5, 5.41) is 22.3. The molecule has 4 aliphatic rings. The molecule has 15 heteroatoms. The van der Waals surface area contributed by atoms with Crippen molar-refractivity contribution in [3.8, 4) is 23.0 Å². The predicted octanol–water partition coefficient (Wildman–Crippen LogP) is 1.63. The van der Waals surface area contributed by atoms with Gasteiger partial charge in [-0.1, -0.05) is 0 Å². The molecular weight excluding hydrogens is 556 g/mol. The van der Waals surface area contributed by atoms with Gasteiger partial charge in [-0.05, 0) is 50.2 Å². The van der Waals surface area contributed by atoms with E-state index in [1.54, 1.807) is 23.6 Å². The highest BCUT2D eigenvalue weighted by molar-refractivity contribution is 6.01. The van der Waals surface area contributed by atoms with Crippen LogP contribution in [0.3, 0.4) is 0 Å². The van der Waals surface area contributed by atoms with Crippen LogP contribution in [0.25, 0.3) is 0 Å². The van der Waals surface area contributed by atoms with Crippen molar-refractivity contribution in [1.29, 1.82) is 0 Å². The van der Waals surface area contributed by atoms with E-state index in [1.807, 2.05) is 0 Å². The number of hydrogen-bond donors (Lipinski definition) is 0. The SMILES string of the molecule is CC12CN(C(=O)c3ccc4c(c3)OC([N+](=O)[O-])CO4)CC(C)(CN(C(=O)c3ccc4c(c3)OC([N+](=O)[O-])CO4)C1)C2=O. The zero-order valence-corrected chi connectivity index (χ0v) is 22.6. The molecule has 42 heavy (non-hydrogen) atoms. The Kier molecular flexibility index (Phi) is 6.20. The van der Waals surface area contributed by atoms with E-state index in [4.69, 9.17) is 18.9 Å². The number of rotatable bonds is 4. The molecule has 6 rings (SSSR count). The molecule has 15 nitrogen and oxygen atoms in total. The molecule has 2 aromatic rings. The Balaban J connectivity index is 1.21. The number of carbonyl (C=O) groups is 3. The Morgan fingerprint density at radius 2 is 1.12 bits per heavy atom. The molecule has 0 spiro atoms. The molecule has 2 saturated heterocycles. The topological polar surface area (TPSA) is 181 Å². The standard InChI is InChI=1S/C27H26N4O11/c1-26-11-28(23(32)15-3-5-17-19(7-15)41-21(9-39-17)30(35)36)13-27(2,25(26)34)14-29(12-26)24(33)16-4-6-18-20(8-16)42-22(10-40-18)31(37)38/h3-8,21-22H,9-14H2,1-2H3. The van der Waals surface area contributed by atoms with Gasteiger partial charge in [-0.25, -0.2) is 0 Å². The van der Waals surface area contributed by atoms with Crippen LogP contribution in [0.5, 0.6) is 23.0 Å². The van der Waals surface area contributed by atoms with Crippen LogP contribution < -0.4 is 18.9 Å². The van der Waals surface area contributed by atoms with E-state index in [-0.39, 0.29) is 91.1 Å². The maximum absolute atomic E-state index is 13.6. The molecule has 2 aromatic carbocycles. The second kappa shape index (κ2) is 9.56. The van der Waals surface area contributed by atoms with Crippen molar-refractivity contribution in [2.45, 2.75) is 26.3 Å². The zero-order valence-electron chi connectivity index (χ0n) is 22.6. The maximum Gasteiger partial charge on any atom is 0.388 e. The molecule has 2 bridgehead atoms. The molecule has 4 aliphatic heterocycles. The van der Waals surface area contributed by atoms with Crippen molar-refractivity contribution < 1.29 is 43.2 Å². The first-order valence-electron chi connectivity index (χ1n) is 13.1. The van der Waals surface area contributed by atoms with Crippen LogP contribution in [0, 0.1) is 31.1 Å². The summed E-state index contributed by atoms with van der Waals surface area (Å²) < 4.78 is 21.6. The second-order valence-electron chi connectivity index (χ2n) is 11.4. The number of nitro groups is 2. The Morgan fingerprint density at radius 3 is 1.48 bits per heavy atom. The van der Waals surface area contributed by atoms with Crippen LogP contribution in [0.1, 0.15) is 34.6 Å². The van der Waals surface area contributed by atoms with Crippen LogP contribution in [0.4, 0.5) is 0 Å². The number of nitrogens with zero attached hydrogens (tertiary/aromatic N) is 4. The van der Waals surface area contributed by atoms with Crippen molar-refractivity contribution >= 4 is 17.6 Å². The highest BCUT2D eigenvalue weighted by Gasteiger charge is 2.57. The molecule has 220 valence electrons. The molecule has 2 amide bonds. The van der Waals surface area contributed by atoms with Crippen molar-refractivity contribution in [3.63, 3.8) is 0 Å². The van der Waals surface area contributed by atoms with E-state index in [0.29, 0.717) is 0 Å². The van der Waals surface area contributed by atoms with Crippen LogP contribution in [0.2, 0.25) is 0 Å². The summed E-state index contributed by atoms with van der Waals surface area (Å²) in [6.45, 7) is 3.09. The molecule has 0 saturated carbocycles. The summed E-state index contributed by atoms with van der Waals surface area (Å²) in [7, 11) is 0. The average molecular weight is 583 g/mol. The number of fused-ring (bicyclic) bond motifs is 4. The fourth-order valence-corrected chi connectivity index (χ4v) is 6.16. The van der Waals surface area contributed by atoms with Gasteiger partial charge in [0.05, 0.1) is 20.7 Å². The van der Waals surface area contributed by atoms with Crippen LogP contribution in [-0.4, -0.2) is 89.1 Å². The first-order valence-corrected chi connectivity index (χ1v) is 13.1. The van der Waals surface area contributed by atoms with E-state index < -0.39 is 33.1 Å². The lowest BCUT2D eigenvalue weighted by Crippen LogP contribution is -2.69. The van der Waals surface area contributed by atoms with Gasteiger partial charge >= 0.3 is 12.5 Å². The van der Waals surface area contributed by atoms with Gasteiger partial charge < -0.3 is 28.7 Å². The largest absolute Gasteiger partial charge is 0.478 e. The number of benzene rings is 2. The smallest absolute Gasteiger partial charge is 0.388 e. The molecule has 0 N–H and O–H groups in total. The molecule has 0 aromatic heterocycles. The van der Waals surface area contributed by atoms with Gasteiger partial charge in [0.15, 0.2) is 42.0 Å². The molecule has 2 atom stereocenters. The highest BCUT2D eigenvalue weighted by Crippen LogP contribution is 2.44. The van der Waals surface area contributed by atoms with E-state index in [9.17, 15) is 34.6 Å². The molecule has 4 heterocycles. The third-order valence-electron chi connectivity index (χ3n) is 7.97. The minimum Gasteiger partial charge on any atom is -0.478 e. The first kappa shape index (κ1) is 27.2. The quantitative estimate of drug-likeness (QED) is 0.377. The summed E-state index contributed by atoms with van der Waals surface area (Å²) >= 11 is 0. The van der Waals surface area contributed by atoms with E-state index in [1.165, 1.54) is 36.4 Å². The van der Waals surface area contributed by atoms with Gasteiger partial charge in [-0.15, -0.1) is 0 Å². The third-order valence-corrected chi connectivity index (χ3v) is 7.97. The van der Waals surface area contributed by atoms with Crippen molar-refractivity contribution in [3.05, 3.63) is 67.8 Å². The minimum absolute atomic E-state index is 0.0433. The lowest BCUT2D eigenvalue weighted by atomic mass is 9.64. The Bertz CT molecular complexity index is 1420. The van der Waals surface area contributed by atoms with Crippen LogP contribution in [-0.2, 0) is 4.79 Å². The normalized spacial score (nSPS) is 27.7. The second-order valence-corrected chi connectivity index (χ2v) is 11.4. The summed E-state index contributed by atoms with van der Waals surface area (Å²) in [5.41, 5.74) is -1.71. The maximum atomic E-state index is 13.6. The van der Waals surface area contributed by atoms with Gasteiger partial charge in [0.25, 0.3) is 11.8 Å². The van der Waals surface area contributed by atoms with Crippen molar-refractivity contribution in [2.75, 3.05) is 39.4 Å². The van der Waals surface area contributed by atoms with Gasteiger partial charge in [0.1, 0.15) is 0 Å². The number of piperidine rings is 2.